The summed E-state index contributed by atoms with van der Waals surface area (Å²) in [6.07, 6.45) is 5.28. The number of amides is 3. The first-order valence-corrected chi connectivity index (χ1v) is 20.6. The standard InChI is InChI=1S/C42H61N7O6S/c1-12-28(36(43-13-2)26(4)53-10)37-30-22-41(5,6)25-55-39(51)31-16-15-19-49(46-31)38(50)32(45-40(52)47(9)24-42(7,8)54-11)21-35-44-33(23-56-35)27-17-18-34(29(30)20-27)48(37)14-3/h12-13,17-18,20,26,31-33,46H,1,14-16,19,21-25H2,2-11H3,(H,45,52)/b36-28+,43-13?/t26-,31-,32-,33?/m0/s1. The van der Waals surface area contributed by atoms with Gasteiger partial charge in [-0.15, -0.1) is 11.8 Å². The van der Waals surface area contributed by atoms with Crippen LogP contribution in [-0.4, -0.2) is 114 Å². The molecule has 3 aliphatic rings. The molecule has 56 heavy (non-hydrogen) atoms. The Morgan fingerprint density at radius 1 is 1.30 bits per heavy atom. The highest BCUT2D eigenvalue weighted by Gasteiger charge is 2.37. The minimum Gasteiger partial charge on any atom is -0.464 e. The molecule has 2 N–H and O–H groups in total. The number of hydrazine groups is 1. The highest BCUT2D eigenvalue weighted by molar-refractivity contribution is 8.14. The van der Waals surface area contributed by atoms with Crippen LogP contribution in [-0.2, 0) is 36.8 Å². The molecule has 0 spiro atoms. The number of likely N-dealkylation sites (N-methyl/N-ethyl adjacent to an activating group) is 1. The number of rotatable bonds is 10. The largest absolute Gasteiger partial charge is 0.464 e. The Kier molecular flexibility index (Phi) is 13.9. The van der Waals surface area contributed by atoms with Gasteiger partial charge >= 0.3 is 12.0 Å². The molecule has 3 amide bonds. The second-order valence-corrected chi connectivity index (χ2v) is 17.3. The van der Waals surface area contributed by atoms with Gasteiger partial charge in [0.1, 0.15) is 12.1 Å². The normalized spacial score (nSPS) is 23.0. The number of benzene rings is 1. The van der Waals surface area contributed by atoms with E-state index in [-0.39, 0.29) is 31.1 Å². The fourth-order valence-electron chi connectivity index (χ4n) is 7.68. The quantitative estimate of drug-likeness (QED) is 0.162. The van der Waals surface area contributed by atoms with E-state index in [9.17, 15) is 14.4 Å². The molecule has 1 aromatic heterocycles. The fraction of sp³-hybridized carbons (Fsp3) is 0.595. The van der Waals surface area contributed by atoms with Gasteiger partial charge in [-0.1, -0.05) is 32.6 Å². The Bertz CT molecular complexity index is 1900. The number of cyclic esters (lactones) is 1. The van der Waals surface area contributed by atoms with Gasteiger partial charge in [0.2, 0.25) is 0 Å². The summed E-state index contributed by atoms with van der Waals surface area (Å²) >= 11 is 1.60. The predicted octanol–water partition coefficient (Wildman–Crippen LogP) is 6.32. The lowest BCUT2D eigenvalue weighted by Crippen LogP contribution is -2.61. The maximum absolute atomic E-state index is 14.2. The van der Waals surface area contributed by atoms with Crippen molar-refractivity contribution in [3.63, 3.8) is 0 Å². The molecule has 6 bridgehead atoms. The maximum atomic E-state index is 14.2. The summed E-state index contributed by atoms with van der Waals surface area (Å²) in [5.74, 6) is -0.0512. The fourth-order valence-corrected chi connectivity index (χ4v) is 8.78. The zero-order valence-electron chi connectivity index (χ0n) is 34.9. The van der Waals surface area contributed by atoms with E-state index >= 15 is 0 Å². The van der Waals surface area contributed by atoms with E-state index in [0.29, 0.717) is 44.6 Å². The summed E-state index contributed by atoms with van der Waals surface area (Å²) in [6, 6.07) is 4.36. The lowest BCUT2D eigenvalue weighted by atomic mass is 9.84. The van der Waals surface area contributed by atoms with Gasteiger partial charge in [0.25, 0.3) is 5.91 Å². The molecule has 0 saturated carbocycles. The molecule has 0 radical (unpaired) electrons. The molecular formula is C42H61N7O6S. The topological polar surface area (TPSA) is 139 Å². The number of aryl methyl sites for hydroxylation is 1. The van der Waals surface area contributed by atoms with Crippen LogP contribution in [0.1, 0.15) is 90.6 Å². The van der Waals surface area contributed by atoms with Gasteiger partial charge in [-0.05, 0) is 77.1 Å². The van der Waals surface area contributed by atoms with Crippen molar-refractivity contribution in [2.75, 3.05) is 46.7 Å². The summed E-state index contributed by atoms with van der Waals surface area (Å²) in [5, 5.41) is 6.31. The number of nitrogens with zero attached hydrogens (tertiary/aromatic N) is 5. The Hall–Kier alpha value is -3.98. The molecule has 4 heterocycles. The third-order valence-corrected chi connectivity index (χ3v) is 11.9. The molecule has 1 fully saturated rings. The van der Waals surface area contributed by atoms with Crippen LogP contribution >= 0.6 is 11.8 Å². The Labute approximate surface area is 336 Å². The summed E-state index contributed by atoms with van der Waals surface area (Å²) in [7, 11) is 4.96. The zero-order valence-corrected chi connectivity index (χ0v) is 35.7. The molecule has 1 saturated heterocycles. The molecule has 13 nitrogen and oxygen atoms in total. The third-order valence-electron chi connectivity index (χ3n) is 10.8. The van der Waals surface area contributed by atoms with Gasteiger partial charge in [0, 0.05) is 74.6 Å². The van der Waals surface area contributed by atoms with Gasteiger partial charge in [-0.25, -0.2) is 10.2 Å². The third kappa shape index (κ3) is 9.58. The Morgan fingerprint density at radius 2 is 2.05 bits per heavy atom. The zero-order chi connectivity index (χ0) is 40.9. The van der Waals surface area contributed by atoms with Crippen molar-refractivity contribution in [3.8, 4) is 0 Å². The van der Waals surface area contributed by atoms with Gasteiger partial charge in [-0.3, -0.25) is 24.6 Å². The second kappa shape index (κ2) is 18.1. The van der Waals surface area contributed by atoms with E-state index in [1.54, 1.807) is 39.2 Å². The molecule has 0 aliphatic carbocycles. The number of esters is 1. The maximum Gasteiger partial charge on any atom is 0.324 e. The average molecular weight is 792 g/mol. The number of aliphatic imine (C=N–C) groups is 2. The summed E-state index contributed by atoms with van der Waals surface area (Å²) in [4.78, 5) is 53.0. The smallest absolute Gasteiger partial charge is 0.324 e. The van der Waals surface area contributed by atoms with Crippen LogP contribution in [0.4, 0.5) is 4.79 Å². The number of carbonyl (C=O) groups is 3. The first-order valence-electron chi connectivity index (χ1n) is 19.6. The molecule has 4 atom stereocenters. The van der Waals surface area contributed by atoms with Crippen LogP contribution < -0.4 is 10.7 Å². The lowest BCUT2D eigenvalue weighted by Gasteiger charge is -2.36. The Balaban J connectivity index is 1.64. The van der Waals surface area contributed by atoms with Crippen LogP contribution in [0.15, 0.2) is 46.5 Å². The van der Waals surface area contributed by atoms with Crippen LogP contribution in [0.3, 0.4) is 0 Å². The van der Waals surface area contributed by atoms with E-state index in [0.717, 1.165) is 44.0 Å². The summed E-state index contributed by atoms with van der Waals surface area (Å²) in [5.41, 5.74) is 8.00. The number of carbonyl (C=O) groups excluding carboxylic acids is 3. The van der Waals surface area contributed by atoms with E-state index in [1.165, 1.54) is 9.91 Å². The van der Waals surface area contributed by atoms with E-state index in [1.807, 2.05) is 33.8 Å². The van der Waals surface area contributed by atoms with Gasteiger partial charge in [0.15, 0.2) is 0 Å². The van der Waals surface area contributed by atoms with Gasteiger partial charge < -0.3 is 29.0 Å². The van der Waals surface area contributed by atoms with Crippen LogP contribution in [0, 0.1) is 5.41 Å². The van der Waals surface area contributed by atoms with Crippen molar-refractivity contribution in [2.45, 2.75) is 111 Å². The van der Waals surface area contributed by atoms with E-state index in [2.05, 4.69) is 60.9 Å². The number of aromatic nitrogens is 1. The number of allylic oxidation sites excluding steroid dienone is 2. The van der Waals surface area contributed by atoms with Crippen molar-refractivity contribution in [2.24, 2.45) is 15.4 Å². The highest BCUT2D eigenvalue weighted by atomic mass is 32.2. The second-order valence-electron chi connectivity index (χ2n) is 16.3. The predicted molar refractivity (Wildman–Crippen MR) is 225 cm³/mol. The van der Waals surface area contributed by atoms with Crippen molar-refractivity contribution in [3.05, 3.63) is 53.4 Å². The van der Waals surface area contributed by atoms with E-state index in [4.69, 9.17) is 24.2 Å². The number of urea groups is 1. The number of fused-ring (bicyclic) bond motifs is 5. The van der Waals surface area contributed by atoms with Crippen LogP contribution in [0.2, 0.25) is 0 Å². The molecule has 1 aromatic carbocycles. The average Bonchev–Trinajstić information content (AvgIpc) is 3.77. The number of thioether (sulfide) groups is 1. The number of methoxy groups -OCH3 is 2. The van der Waals surface area contributed by atoms with Gasteiger partial charge in [0.05, 0.1) is 47.3 Å². The van der Waals surface area contributed by atoms with Crippen LogP contribution in [0.5, 0.6) is 0 Å². The molecule has 306 valence electrons. The number of hydrogen-bond acceptors (Lipinski definition) is 10. The molecule has 3 aliphatic heterocycles. The minimum absolute atomic E-state index is 0.147. The minimum atomic E-state index is -0.922. The van der Waals surface area contributed by atoms with Gasteiger partial charge in [-0.2, -0.15) is 0 Å². The summed E-state index contributed by atoms with van der Waals surface area (Å²) < 4.78 is 19.7. The first-order chi connectivity index (χ1) is 26.6. The molecule has 14 heteroatoms. The SMILES string of the molecule is C=C/C(=C(\N=CC)[C@H](C)OC)c1c2c3cc(ccc3n1CC)C1CSC(=N1)C[C@H](NC(=O)N(C)CC(C)(C)OC)C(=O)N1CCC[C@H](N1)C(=O)OCC(C)(C)C2. The van der Waals surface area contributed by atoms with Crippen molar-refractivity contribution in [1.29, 1.82) is 0 Å². The number of nitrogens with one attached hydrogen (secondary N) is 2. The molecule has 1 unspecified atom stereocenters. The highest BCUT2D eigenvalue weighted by Crippen LogP contribution is 2.41. The first kappa shape index (κ1) is 43.1. The van der Waals surface area contributed by atoms with Crippen molar-refractivity contribution >= 4 is 57.4 Å². The monoisotopic (exact) mass is 791 g/mol. The molecule has 2 aromatic rings. The molecular weight excluding hydrogens is 731 g/mol. The Morgan fingerprint density at radius 3 is 2.71 bits per heavy atom. The lowest BCUT2D eigenvalue weighted by molar-refractivity contribution is -0.155. The van der Waals surface area contributed by atoms with E-state index < -0.39 is 35.1 Å². The molecule has 5 rings (SSSR count). The van der Waals surface area contributed by atoms with Crippen molar-refractivity contribution < 1.29 is 28.6 Å². The number of ether oxygens (including phenoxy) is 3. The van der Waals surface area contributed by atoms with Crippen LogP contribution in [0.25, 0.3) is 16.5 Å². The summed E-state index contributed by atoms with van der Waals surface area (Å²) in [6.45, 7) is 19.8. The number of hydrogen-bond donors (Lipinski definition) is 2. The van der Waals surface area contributed by atoms with Crippen molar-refractivity contribution in [1.82, 2.24) is 25.2 Å².